The van der Waals surface area contributed by atoms with E-state index in [1.165, 1.54) is 11.1 Å². The van der Waals surface area contributed by atoms with Crippen LogP contribution >= 0.6 is 0 Å². The predicted octanol–water partition coefficient (Wildman–Crippen LogP) is 0.907. The number of likely N-dealkylation sites (tertiary alicyclic amines) is 1. The number of benzene rings is 1. The second-order valence-corrected chi connectivity index (χ2v) is 6.09. The summed E-state index contributed by atoms with van der Waals surface area (Å²) < 4.78 is 4.90. The van der Waals surface area contributed by atoms with Gasteiger partial charge >= 0.3 is 0 Å². The molecule has 1 N–H and O–H groups in total. The van der Waals surface area contributed by atoms with Crippen molar-refractivity contribution >= 4 is 11.8 Å². The molecule has 1 atom stereocenters. The van der Waals surface area contributed by atoms with E-state index < -0.39 is 0 Å². The second-order valence-electron chi connectivity index (χ2n) is 6.09. The van der Waals surface area contributed by atoms with Crippen molar-refractivity contribution in [1.82, 2.24) is 10.2 Å². The number of carbonyl (C=O) groups excluding carboxylic acids is 2. The van der Waals surface area contributed by atoms with Crippen LogP contribution in [0.4, 0.5) is 0 Å². The lowest BCUT2D eigenvalue weighted by atomic mass is 10.1. The van der Waals surface area contributed by atoms with E-state index in [0.29, 0.717) is 26.0 Å². The van der Waals surface area contributed by atoms with E-state index in [4.69, 9.17) is 4.74 Å². The van der Waals surface area contributed by atoms with Gasteiger partial charge in [0.25, 0.3) is 0 Å². The van der Waals surface area contributed by atoms with Crippen molar-refractivity contribution < 1.29 is 14.3 Å². The minimum absolute atomic E-state index is 0.0452. The van der Waals surface area contributed by atoms with E-state index in [9.17, 15) is 9.59 Å². The summed E-state index contributed by atoms with van der Waals surface area (Å²) in [7, 11) is 1.58. The Labute approximate surface area is 130 Å². The molecule has 1 unspecified atom stereocenters. The first-order valence-electron chi connectivity index (χ1n) is 7.82. The summed E-state index contributed by atoms with van der Waals surface area (Å²) in [6.45, 7) is 1.03. The average molecular weight is 302 g/mol. The van der Waals surface area contributed by atoms with Crippen molar-refractivity contribution in [3.8, 4) is 0 Å². The summed E-state index contributed by atoms with van der Waals surface area (Å²) >= 11 is 0. The number of ether oxygens (including phenoxy) is 1. The summed E-state index contributed by atoms with van der Waals surface area (Å²) in [5.41, 5.74) is 2.68. The third-order valence-corrected chi connectivity index (χ3v) is 4.53. The summed E-state index contributed by atoms with van der Waals surface area (Å²) in [5.74, 6) is 0.103. The molecular weight excluding hydrogens is 280 g/mol. The highest BCUT2D eigenvalue weighted by atomic mass is 16.5. The van der Waals surface area contributed by atoms with E-state index in [0.717, 1.165) is 12.8 Å². The summed E-state index contributed by atoms with van der Waals surface area (Å²) in [6.07, 6.45) is 2.60. The molecule has 0 radical (unpaired) electrons. The molecule has 5 nitrogen and oxygen atoms in total. The van der Waals surface area contributed by atoms with Crippen molar-refractivity contribution in [2.45, 2.75) is 37.8 Å². The summed E-state index contributed by atoms with van der Waals surface area (Å²) in [6, 6.07) is 8.55. The monoisotopic (exact) mass is 302 g/mol. The van der Waals surface area contributed by atoms with Gasteiger partial charge in [-0.2, -0.15) is 0 Å². The normalized spacial score (nSPS) is 21.2. The fourth-order valence-electron chi connectivity index (χ4n) is 3.43. The molecule has 3 rings (SSSR count). The van der Waals surface area contributed by atoms with Gasteiger partial charge in [0, 0.05) is 32.5 Å². The second kappa shape index (κ2) is 6.48. The molecule has 1 saturated heterocycles. The molecule has 1 aliphatic heterocycles. The van der Waals surface area contributed by atoms with Gasteiger partial charge in [-0.05, 0) is 24.0 Å². The molecule has 0 spiro atoms. The predicted molar refractivity (Wildman–Crippen MR) is 82.4 cm³/mol. The van der Waals surface area contributed by atoms with Gasteiger partial charge in [0.2, 0.25) is 11.8 Å². The van der Waals surface area contributed by atoms with Crippen LogP contribution in [-0.4, -0.2) is 49.1 Å². The van der Waals surface area contributed by atoms with Gasteiger partial charge in [0.05, 0.1) is 12.6 Å². The number of nitrogens with one attached hydrogen (secondary N) is 1. The van der Waals surface area contributed by atoms with E-state index in [1.54, 1.807) is 7.11 Å². The highest BCUT2D eigenvalue weighted by molar-refractivity contribution is 5.82. The van der Waals surface area contributed by atoms with Crippen LogP contribution in [0.15, 0.2) is 24.3 Å². The Balaban J connectivity index is 1.56. The van der Waals surface area contributed by atoms with Gasteiger partial charge in [-0.25, -0.2) is 0 Å². The molecule has 2 amide bonds. The van der Waals surface area contributed by atoms with Crippen LogP contribution in [0.1, 0.15) is 24.0 Å². The minimum atomic E-state index is -0.0689. The van der Waals surface area contributed by atoms with Crippen LogP contribution < -0.4 is 5.32 Å². The number of amides is 2. The van der Waals surface area contributed by atoms with Crippen LogP contribution in [-0.2, 0) is 27.2 Å². The summed E-state index contributed by atoms with van der Waals surface area (Å²) in [4.78, 5) is 26.0. The Hall–Kier alpha value is -1.88. The SMILES string of the molecule is COCCC(=O)NC1CC(=O)N(C2Cc3ccccc3C2)C1. The number of hydrogen-bond donors (Lipinski definition) is 1. The van der Waals surface area contributed by atoms with Crippen LogP contribution in [0, 0.1) is 0 Å². The molecular formula is C17H22N2O3. The number of hydrogen-bond acceptors (Lipinski definition) is 3. The Kier molecular flexibility index (Phi) is 4.43. The van der Waals surface area contributed by atoms with Gasteiger partial charge in [-0.1, -0.05) is 24.3 Å². The largest absolute Gasteiger partial charge is 0.384 e. The number of rotatable bonds is 5. The Bertz CT molecular complexity index is 548. The third-order valence-electron chi connectivity index (χ3n) is 4.53. The number of methoxy groups -OCH3 is 1. The molecule has 0 aromatic heterocycles. The van der Waals surface area contributed by atoms with E-state index in [-0.39, 0.29) is 23.9 Å². The molecule has 0 bridgehead atoms. The standard InChI is InChI=1S/C17H22N2O3/c1-22-7-6-16(20)18-14-10-17(21)19(11-14)15-8-12-4-2-3-5-13(12)9-15/h2-5,14-15H,6-11H2,1H3,(H,18,20). The van der Waals surface area contributed by atoms with Crippen LogP contribution in [0.25, 0.3) is 0 Å². The first kappa shape index (κ1) is 15.0. The zero-order chi connectivity index (χ0) is 15.5. The van der Waals surface area contributed by atoms with Crippen LogP contribution in [0.2, 0.25) is 0 Å². The van der Waals surface area contributed by atoms with Crippen LogP contribution in [0.5, 0.6) is 0 Å². The first-order valence-corrected chi connectivity index (χ1v) is 7.82. The van der Waals surface area contributed by atoms with Crippen molar-refractivity contribution in [3.05, 3.63) is 35.4 Å². The Morgan fingerprint density at radius 1 is 1.27 bits per heavy atom. The van der Waals surface area contributed by atoms with Gasteiger partial charge < -0.3 is 15.0 Å². The van der Waals surface area contributed by atoms with E-state index in [1.807, 2.05) is 17.0 Å². The minimum Gasteiger partial charge on any atom is -0.384 e. The van der Waals surface area contributed by atoms with E-state index in [2.05, 4.69) is 17.4 Å². The topological polar surface area (TPSA) is 58.6 Å². The molecule has 22 heavy (non-hydrogen) atoms. The fraction of sp³-hybridized carbons (Fsp3) is 0.529. The van der Waals surface area contributed by atoms with Gasteiger partial charge in [0.1, 0.15) is 0 Å². The molecule has 1 aliphatic carbocycles. The molecule has 1 fully saturated rings. The van der Waals surface area contributed by atoms with Crippen molar-refractivity contribution in [1.29, 1.82) is 0 Å². The quantitative estimate of drug-likeness (QED) is 0.879. The van der Waals surface area contributed by atoms with Crippen LogP contribution in [0.3, 0.4) is 0 Å². The average Bonchev–Trinajstić information content (AvgIpc) is 3.08. The van der Waals surface area contributed by atoms with Crippen molar-refractivity contribution in [3.63, 3.8) is 0 Å². The molecule has 118 valence electrons. The maximum Gasteiger partial charge on any atom is 0.225 e. The summed E-state index contributed by atoms with van der Waals surface area (Å²) in [5, 5.41) is 2.94. The fourth-order valence-corrected chi connectivity index (χ4v) is 3.43. The smallest absolute Gasteiger partial charge is 0.225 e. The molecule has 0 saturated carbocycles. The highest BCUT2D eigenvalue weighted by Crippen LogP contribution is 2.28. The molecule has 2 aliphatic rings. The maximum absolute atomic E-state index is 12.3. The molecule has 1 aromatic carbocycles. The van der Waals surface area contributed by atoms with Crippen molar-refractivity contribution in [2.75, 3.05) is 20.3 Å². The number of carbonyl (C=O) groups is 2. The number of fused-ring (bicyclic) bond motifs is 1. The highest BCUT2D eigenvalue weighted by Gasteiger charge is 2.37. The van der Waals surface area contributed by atoms with E-state index >= 15 is 0 Å². The Morgan fingerprint density at radius 2 is 1.95 bits per heavy atom. The Morgan fingerprint density at radius 3 is 2.59 bits per heavy atom. The zero-order valence-corrected chi connectivity index (χ0v) is 12.9. The lowest BCUT2D eigenvalue weighted by Gasteiger charge is -2.24. The molecule has 1 aromatic rings. The first-order chi connectivity index (χ1) is 10.7. The maximum atomic E-state index is 12.3. The van der Waals surface area contributed by atoms with Gasteiger partial charge in [-0.15, -0.1) is 0 Å². The van der Waals surface area contributed by atoms with Gasteiger partial charge in [0.15, 0.2) is 0 Å². The van der Waals surface area contributed by atoms with Gasteiger partial charge in [-0.3, -0.25) is 9.59 Å². The molecule has 1 heterocycles. The third kappa shape index (κ3) is 3.14. The molecule has 5 heteroatoms. The lowest BCUT2D eigenvalue weighted by molar-refractivity contribution is -0.129. The lowest BCUT2D eigenvalue weighted by Crippen LogP contribution is -2.41. The number of nitrogens with zero attached hydrogens (tertiary/aromatic N) is 1. The zero-order valence-electron chi connectivity index (χ0n) is 12.9. The van der Waals surface area contributed by atoms with Crippen molar-refractivity contribution in [2.24, 2.45) is 0 Å².